The van der Waals surface area contributed by atoms with Crippen LogP contribution in [0.4, 0.5) is 0 Å². The Morgan fingerprint density at radius 3 is 2.31 bits per heavy atom. The lowest BCUT2D eigenvalue weighted by molar-refractivity contribution is -0.123. The van der Waals surface area contributed by atoms with E-state index in [1.54, 1.807) is 6.92 Å². The molecule has 16 heavy (non-hydrogen) atoms. The summed E-state index contributed by atoms with van der Waals surface area (Å²) in [5.41, 5.74) is 0.102. The van der Waals surface area contributed by atoms with Gasteiger partial charge >= 0.3 is 0 Å². The van der Waals surface area contributed by atoms with Crippen LogP contribution in [0.3, 0.4) is 0 Å². The zero-order valence-electron chi connectivity index (χ0n) is 9.99. The number of carbonyl (C=O) groups excluding carboxylic acids is 1. The summed E-state index contributed by atoms with van der Waals surface area (Å²) in [6, 6.07) is -0.186. The van der Waals surface area contributed by atoms with Gasteiger partial charge in [-0.15, -0.1) is 0 Å². The van der Waals surface area contributed by atoms with Crippen LogP contribution in [0.15, 0.2) is 0 Å². The van der Waals surface area contributed by atoms with Crippen LogP contribution in [0.25, 0.3) is 0 Å². The number of carbonyl (C=O) groups is 1. The molecule has 2 rings (SSSR count). The predicted molar refractivity (Wildman–Crippen MR) is 61.7 cm³/mol. The van der Waals surface area contributed by atoms with Gasteiger partial charge in [-0.2, -0.15) is 0 Å². The maximum Gasteiger partial charge on any atom is 0.223 e. The van der Waals surface area contributed by atoms with E-state index in [1.807, 2.05) is 0 Å². The molecule has 5 heteroatoms. The minimum absolute atomic E-state index is 0.0268. The van der Waals surface area contributed by atoms with Gasteiger partial charge in [-0.05, 0) is 25.2 Å². The van der Waals surface area contributed by atoms with E-state index in [0.29, 0.717) is 6.42 Å². The smallest absolute Gasteiger partial charge is 0.223 e. The van der Waals surface area contributed by atoms with Crippen LogP contribution >= 0.6 is 0 Å². The van der Waals surface area contributed by atoms with E-state index >= 15 is 0 Å². The van der Waals surface area contributed by atoms with Crippen molar-refractivity contribution < 1.29 is 13.2 Å². The van der Waals surface area contributed by atoms with E-state index in [1.165, 1.54) is 0 Å². The largest absolute Gasteiger partial charge is 0.352 e. The molecule has 1 aliphatic heterocycles. The highest BCUT2D eigenvalue weighted by molar-refractivity contribution is 7.92. The van der Waals surface area contributed by atoms with Crippen LogP contribution < -0.4 is 5.32 Å². The third-order valence-corrected chi connectivity index (χ3v) is 6.27. The molecule has 1 N–H and O–H groups in total. The fraction of sp³-hybridized carbons (Fsp3) is 0.909. The minimum Gasteiger partial charge on any atom is -0.352 e. The van der Waals surface area contributed by atoms with Gasteiger partial charge in [0.25, 0.3) is 0 Å². The Morgan fingerprint density at radius 2 is 1.94 bits per heavy atom. The number of sulfone groups is 1. The summed E-state index contributed by atoms with van der Waals surface area (Å²) < 4.78 is 23.0. The van der Waals surface area contributed by atoms with Gasteiger partial charge in [-0.3, -0.25) is 4.79 Å². The summed E-state index contributed by atoms with van der Waals surface area (Å²) >= 11 is 0. The topological polar surface area (TPSA) is 63.2 Å². The highest BCUT2D eigenvalue weighted by Gasteiger charge is 2.51. The maximum atomic E-state index is 11.8. The molecule has 0 radical (unpaired) electrons. The first kappa shape index (κ1) is 11.9. The van der Waals surface area contributed by atoms with Crippen LogP contribution in [0.2, 0.25) is 0 Å². The zero-order chi connectivity index (χ0) is 12.1. The minimum atomic E-state index is -2.97. The molecule has 0 aromatic heterocycles. The molecular weight excluding hydrogens is 226 g/mol. The molecule has 2 aliphatic rings. The summed E-state index contributed by atoms with van der Waals surface area (Å²) in [7, 11) is -2.97. The Balaban J connectivity index is 1.95. The van der Waals surface area contributed by atoms with Crippen LogP contribution in [0.5, 0.6) is 0 Å². The van der Waals surface area contributed by atoms with Crippen molar-refractivity contribution in [3.05, 3.63) is 0 Å². The standard InChI is InChI=1S/C11H19NO3S/c1-7-9(4-5-16(7,14)15)12-10(13)8-6-11(8,2)3/h7-9H,4-6H2,1-3H3,(H,12,13)/t7-,8-,9-/m0/s1. The number of amides is 1. The van der Waals surface area contributed by atoms with Gasteiger partial charge in [0.15, 0.2) is 9.84 Å². The summed E-state index contributed by atoms with van der Waals surface area (Å²) in [6.07, 6.45) is 1.47. The molecular formula is C11H19NO3S. The van der Waals surface area contributed by atoms with Gasteiger partial charge in [0, 0.05) is 12.0 Å². The Kier molecular flexibility index (Phi) is 2.57. The normalized spacial score (nSPS) is 39.3. The van der Waals surface area contributed by atoms with Crippen molar-refractivity contribution in [2.24, 2.45) is 11.3 Å². The molecule has 3 atom stereocenters. The van der Waals surface area contributed by atoms with E-state index in [4.69, 9.17) is 0 Å². The summed E-state index contributed by atoms with van der Waals surface area (Å²) in [5.74, 6) is 0.301. The summed E-state index contributed by atoms with van der Waals surface area (Å²) in [5, 5.41) is 2.45. The monoisotopic (exact) mass is 245 g/mol. The van der Waals surface area contributed by atoms with Crippen LogP contribution in [0, 0.1) is 11.3 Å². The molecule has 1 saturated carbocycles. The molecule has 0 aromatic rings. The van der Waals surface area contributed by atoms with E-state index in [0.717, 1.165) is 6.42 Å². The van der Waals surface area contributed by atoms with Gasteiger partial charge < -0.3 is 5.32 Å². The average Bonchev–Trinajstić information content (AvgIpc) is 2.73. The summed E-state index contributed by atoms with van der Waals surface area (Å²) in [4.78, 5) is 11.8. The lowest BCUT2D eigenvalue weighted by Crippen LogP contribution is -2.41. The second kappa shape index (κ2) is 3.45. The van der Waals surface area contributed by atoms with Crippen molar-refractivity contribution in [3.63, 3.8) is 0 Å². The second-order valence-electron chi connectivity index (χ2n) is 5.72. The van der Waals surface area contributed by atoms with Crippen molar-refractivity contribution in [1.82, 2.24) is 5.32 Å². The Hall–Kier alpha value is -0.580. The maximum absolute atomic E-state index is 11.8. The van der Waals surface area contributed by atoms with Gasteiger partial charge in [-0.1, -0.05) is 13.8 Å². The quantitative estimate of drug-likeness (QED) is 0.780. The van der Waals surface area contributed by atoms with Crippen LogP contribution in [-0.2, 0) is 14.6 Å². The molecule has 0 unspecified atom stereocenters. The molecule has 2 fully saturated rings. The zero-order valence-corrected chi connectivity index (χ0v) is 10.8. The number of hydrogen-bond donors (Lipinski definition) is 1. The first-order chi connectivity index (χ1) is 7.24. The Morgan fingerprint density at radius 1 is 1.38 bits per heavy atom. The van der Waals surface area contributed by atoms with Crippen LogP contribution in [0.1, 0.15) is 33.6 Å². The Bertz CT molecular complexity index is 413. The summed E-state index contributed by atoms with van der Waals surface area (Å²) in [6.45, 7) is 5.81. The van der Waals surface area contributed by atoms with Crippen molar-refractivity contribution >= 4 is 15.7 Å². The van der Waals surface area contributed by atoms with Crippen molar-refractivity contribution in [2.45, 2.75) is 44.9 Å². The number of hydrogen-bond acceptors (Lipinski definition) is 3. The third-order valence-electron chi connectivity index (χ3n) is 4.00. The van der Waals surface area contributed by atoms with Crippen molar-refractivity contribution in [1.29, 1.82) is 0 Å². The lowest BCUT2D eigenvalue weighted by Gasteiger charge is -2.16. The number of rotatable bonds is 2. The Labute approximate surface area is 96.7 Å². The third kappa shape index (κ3) is 1.97. The first-order valence-electron chi connectivity index (χ1n) is 5.76. The van der Waals surface area contributed by atoms with Gasteiger partial charge in [0.1, 0.15) is 0 Å². The first-order valence-corrected chi connectivity index (χ1v) is 7.47. The molecule has 0 aromatic carbocycles. The average molecular weight is 245 g/mol. The predicted octanol–water partition coefficient (Wildman–Crippen LogP) is 0.724. The fourth-order valence-electron chi connectivity index (χ4n) is 2.35. The molecule has 0 spiro atoms. The lowest BCUT2D eigenvalue weighted by atomic mass is 10.1. The van der Waals surface area contributed by atoms with E-state index in [9.17, 15) is 13.2 Å². The molecule has 1 heterocycles. The van der Waals surface area contributed by atoms with E-state index in [-0.39, 0.29) is 29.0 Å². The van der Waals surface area contributed by atoms with E-state index in [2.05, 4.69) is 19.2 Å². The highest BCUT2D eigenvalue weighted by atomic mass is 32.2. The molecule has 1 aliphatic carbocycles. The van der Waals surface area contributed by atoms with Crippen molar-refractivity contribution in [2.75, 3.05) is 5.75 Å². The fourth-order valence-corrected chi connectivity index (χ4v) is 4.01. The molecule has 0 bridgehead atoms. The van der Waals surface area contributed by atoms with Crippen LogP contribution in [-0.4, -0.2) is 31.4 Å². The van der Waals surface area contributed by atoms with Gasteiger partial charge in [0.2, 0.25) is 5.91 Å². The molecule has 1 amide bonds. The number of nitrogens with one attached hydrogen (secondary N) is 1. The highest BCUT2D eigenvalue weighted by Crippen LogP contribution is 2.51. The van der Waals surface area contributed by atoms with E-state index < -0.39 is 15.1 Å². The van der Waals surface area contributed by atoms with Gasteiger partial charge in [-0.25, -0.2) is 8.42 Å². The second-order valence-corrected chi connectivity index (χ2v) is 8.20. The molecule has 4 nitrogen and oxygen atoms in total. The SMILES string of the molecule is C[C@H]1[C@@H](NC(=O)[C@@H]2CC2(C)C)CCS1(=O)=O. The molecule has 92 valence electrons. The molecule has 1 saturated heterocycles. The van der Waals surface area contributed by atoms with Gasteiger partial charge in [0.05, 0.1) is 11.0 Å². The van der Waals surface area contributed by atoms with Crippen molar-refractivity contribution in [3.8, 4) is 0 Å².